The predicted molar refractivity (Wildman–Crippen MR) is 74.8 cm³/mol. The second kappa shape index (κ2) is 5.59. The van der Waals surface area contributed by atoms with Crippen molar-refractivity contribution in [1.29, 1.82) is 0 Å². The van der Waals surface area contributed by atoms with E-state index in [2.05, 4.69) is 4.18 Å². The lowest BCUT2D eigenvalue weighted by molar-refractivity contribution is -0.138. The molecule has 0 aliphatic carbocycles. The Kier molecular flexibility index (Phi) is 4.22. The maximum atomic E-state index is 12.0. The van der Waals surface area contributed by atoms with Crippen LogP contribution in [0.15, 0.2) is 23.1 Å². The van der Waals surface area contributed by atoms with Gasteiger partial charge in [-0.25, -0.2) is 4.79 Å². The number of carbonyl (C=O) groups is 1. The number of likely N-dealkylation sites (tertiary alicyclic amines) is 1. The molecule has 1 aromatic rings. The van der Waals surface area contributed by atoms with Crippen LogP contribution >= 0.6 is 11.6 Å². The highest BCUT2D eigenvalue weighted by Gasteiger charge is 2.33. The number of halogens is 1. The highest BCUT2D eigenvalue weighted by atomic mass is 35.5. The average molecular weight is 319 g/mol. The topological polar surface area (TPSA) is 89.7 Å². The van der Waals surface area contributed by atoms with Gasteiger partial charge in [-0.2, -0.15) is 8.42 Å². The average Bonchev–Trinajstić information content (AvgIpc) is 2.78. The smallest absolute Gasteiger partial charge is 0.341 e. The van der Waals surface area contributed by atoms with E-state index in [0.29, 0.717) is 6.42 Å². The van der Waals surface area contributed by atoms with E-state index in [1.807, 2.05) is 0 Å². The molecule has 1 fully saturated rings. The van der Waals surface area contributed by atoms with Gasteiger partial charge >= 0.3 is 16.1 Å². The molecule has 0 radical (unpaired) electrons. The molecule has 1 atom stereocenters. The van der Waals surface area contributed by atoms with Crippen molar-refractivity contribution in [1.82, 2.24) is 4.90 Å². The number of anilines is 1. The molecule has 2 rings (SSSR count). The van der Waals surface area contributed by atoms with Gasteiger partial charge in [0.1, 0.15) is 10.9 Å². The summed E-state index contributed by atoms with van der Waals surface area (Å²) in [6, 6.07) is 3.25. The van der Waals surface area contributed by atoms with Crippen LogP contribution in [0.5, 0.6) is 0 Å². The Labute approximate surface area is 122 Å². The minimum Gasteiger partial charge on any atom is -0.397 e. The van der Waals surface area contributed by atoms with Crippen molar-refractivity contribution in [2.75, 3.05) is 19.3 Å². The number of likely N-dealkylation sites (N-methyl/N-ethyl adjacent to an activating group) is 1. The number of rotatable bonds is 3. The first-order chi connectivity index (χ1) is 9.31. The molecule has 1 heterocycles. The van der Waals surface area contributed by atoms with E-state index in [9.17, 15) is 13.2 Å². The first-order valence-corrected chi connectivity index (χ1v) is 7.83. The zero-order valence-corrected chi connectivity index (χ0v) is 12.4. The Hall–Kier alpha value is -1.31. The molecule has 20 heavy (non-hydrogen) atoms. The third-order valence-corrected chi connectivity index (χ3v) is 4.80. The molecule has 2 N–H and O–H groups in total. The van der Waals surface area contributed by atoms with Gasteiger partial charge in [0.05, 0.1) is 10.7 Å². The molecule has 6 nitrogen and oxygen atoms in total. The van der Waals surface area contributed by atoms with Crippen molar-refractivity contribution < 1.29 is 17.4 Å². The molecule has 8 heteroatoms. The molecule has 1 aliphatic rings. The van der Waals surface area contributed by atoms with Crippen molar-refractivity contribution in [3.05, 3.63) is 23.2 Å². The molecule has 1 aromatic carbocycles. The number of hydrogen-bond acceptors (Lipinski definition) is 6. The lowest BCUT2D eigenvalue weighted by Crippen LogP contribution is -2.35. The lowest BCUT2D eigenvalue weighted by atomic mass is 10.2. The second-order valence-electron chi connectivity index (χ2n) is 4.68. The van der Waals surface area contributed by atoms with Crippen LogP contribution in [0.2, 0.25) is 5.02 Å². The summed E-state index contributed by atoms with van der Waals surface area (Å²) in [6.45, 7) is 0.744. The monoisotopic (exact) mass is 318 g/mol. The third-order valence-electron chi connectivity index (χ3n) is 3.24. The van der Waals surface area contributed by atoms with E-state index in [-0.39, 0.29) is 15.6 Å². The van der Waals surface area contributed by atoms with Crippen LogP contribution in [-0.2, 0) is 19.1 Å². The maximum Gasteiger partial charge on any atom is 0.341 e. The van der Waals surface area contributed by atoms with E-state index in [0.717, 1.165) is 13.0 Å². The molecular weight excluding hydrogens is 304 g/mol. The number of benzene rings is 1. The largest absolute Gasteiger partial charge is 0.397 e. The van der Waals surface area contributed by atoms with Crippen LogP contribution in [0.4, 0.5) is 5.69 Å². The SMILES string of the molecule is CN1CCC[C@H]1C(=O)OS(=O)(=O)c1ccc(Cl)c(N)c1. The molecular formula is C12H15ClN2O4S. The standard InChI is InChI=1S/C12H15ClN2O4S/c1-15-6-2-3-11(15)12(16)19-20(17,18)8-4-5-9(13)10(14)7-8/h4-5,7,11H,2-3,6,14H2,1H3/t11-/m0/s1. The molecule has 0 unspecified atom stereocenters. The minimum absolute atomic E-state index is 0.113. The van der Waals surface area contributed by atoms with Crippen LogP contribution in [0.3, 0.4) is 0 Å². The van der Waals surface area contributed by atoms with Crippen LogP contribution in [0, 0.1) is 0 Å². The summed E-state index contributed by atoms with van der Waals surface area (Å²) in [5.41, 5.74) is 5.66. The highest BCUT2D eigenvalue weighted by Crippen LogP contribution is 2.24. The van der Waals surface area contributed by atoms with E-state index < -0.39 is 22.1 Å². The first kappa shape index (κ1) is 15.1. The molecule has 110 valence electrons. The zero-order chi connectivity index (χ0) is 14.9. The second-order valence-corrected chi connectivity index (χ2v) is 6.63. The summed E-state index contributed by atoms with van der Waals surface area (Å²) in [6.07, 6.45) is 1.43. The molecule has 0 aromatic heterocycles. The Morgan fingerprint density at radius 3 is 2.75 bits per heavy atom. The number of nitrogens with two attached hydrogens (primary N) is 1. The van der Waals surface area contributed by atoms with Gasteiger partial charge in [0.15, 0.2) is 0 Å². The number of nitrogen functional groups attached to an aromatic ring is 1. The van der Waals surface area contributed by atoms with E-state index in [1.54, 1.807) is 11.9 Å². The van der Waals surface area contributed by atoms with Gasteiger partial charge in [-0.3, -0.25) is 4.90 Å². The van der Waals surface area contributed by atoms with Gasteiger partial charge in [-0.1, -0.05) is 11.6 Å². The van der Waals surface area contributed by atoms with Crippen molar-refractivity contribution in [2.24, 2.45) is 0 Å². The van der Waals surface area contributed by atoms with Crippen molar-refractivity contribution in [3.8, 4) is 0 Å². The van der Waals surface area contributed by atoms with Crippen molar-refractivity contribution >= 4 is 33.4 Å². The Balaban J connectivity index is 2.18. The summed E-state index contributed by atoms with van der Waals surface area (Å²) < 4.78 is 28.7. The van der Waals surface area contributed by atoms with Gasteiger partial charge in [-0.05, 0) is 44.6 Å². The summed E-state index contributed by atoms with van der Waals surface area (Å²) in [5.74, 6) is -0.765. The fourth-order valence-electron chi connectivity index (χ4n) is 2.10. The quantitative estimate of drug-likeness (QED) is 0.666. The molecule has 0 amide bonds. The fourth-order valence-corrected chi connectivity index (χ4v) is 3.14. The summed E-state index contributed by atoms with van der Waals surface area (Å²) >= 11 is 5.72. The maximum absolute atomic E-state index is 12.0. The number of hydrogen-bond donors (Lipinski definition) is 1. The van der Waals surface area contributed by atoms with Crippen molar-refractivity contribution in [2.45, 2.75) is 23.8 Å². The van der Waals surface area contributed by atoms with Gasteiger partial charge in [0, 0.05) is 0 Å². The summed E-state index contributed by atoms with van der Waals surface area (Å²) in [7, 11) is -2.42. The molecule has 0 bridgehead atoms. The number of carbonyl (C=O) groups excluding carboxylic acids is 1. The highest BCUT2D eigenvalue weighted by molar-refractivity contribution is 7.87. The normalized spacial score (nSPS) is 20.0. The van der Waals surface area contributed by atoms with Crippen LogP contribution in [-0.4, -0.2) is 38.9 Å². The van der Waals surface area contributed by atoms with Crippen molar-refractivity contribution in [3.63, 3.8) is 0 Å². The Morgan fingerprint density at radius 1 is 1.50 bits per heavy atom. The zero-order valence-electron chi connectivity index (χ0n) is 10.9. The molecule has 1 aliphatic heterocycles. The van der Waals surface area contributed by atoms with Gasteiger partial charge in [0.25, 0.3) is 0 Å². The molecule has 0 spiro atoms. The summed E-state index contributed by atoms with van der Waals surface area (Å²) in [4.78, 5) is 13.5. The van der Waals surface area contributed by atoms with Crippen LogP contribution in [0.1, 0.15) is 12.8 Å². The minimum atomic E-state index is -4.17. The van der Waals surface area contributed by atoms with Gasteiger partial charge in [-0.15, -0.1) is 0 Å². The number of nitrogens with zero attached hydrogens (tertiary/aromatic N) is 1. The Bertz CT molecular complexity index is 632. The van der Waals surface area contributed by atoms with Crippen LogP contribution < -0.4 is 5.73 Å². The Morgan fingerprint density at radius 2 is 2.20 bits per heavy atom. The van der Waals surface area contributed by atoms with E-state index >= 15 is 0 Å². The van der Waals surface area contributed by atoms with E-state index in [4.69, 9.17) is 17.3 Å². The van der Waals surface area contributed by atoms with Gasteiger partial charge in [0.2, 0.25) is 0 Å². The molecule has 0 saturated carbocycles. The lowest BCUT2D eigenvalue weighted by Gasteiger charge is -2.17. The van der Waals surface area contributed by atoms with Crippen LogP contribution in [0.25, 0.3) is 0 Å². The predicted octanol–water partition coefficient (Wildman–Crippen LogP) is 1.25. The summed E-state index contributed by atoms with van der Waals surface area (Å²) in [5, 5.41) is 0.241. The fraction of sp³-hybridized carbons (Fsp3) is 0.417. The molecule has 1 saturated heterocycles. The first-order valence-electron chi connectivity index (χ1n) is 6.05. The van der Waals surface area contributed by atoms with E-state index in [1.165, 1.54) is 18.2 Å². The third kappa shape index (κ3) is 3.05. The van der Waals surface area contributed by atoms with Gasteiger partial charge < -0.3 is 9.92 Å².